The number of para-hydroxylation sites is 2. The van der Waals surface area contributed by atoms with Gasteiger partial charge in [-0.1, -0.05) is 12.1 Å². The minimum Gasteiger partial charge on any atom is -0.495 e. The first kappa shape index (κ1) is 22.3. The molecule has 1 aromatic carbocycles. The standard InChI is InChI=1S/C19H24N2O7S2/c1-14(19(22)20-16-7-3-4-8-17(16)27-2)29(23,24)13-15-9-10-18(28-15)30(25,26)21-11-5-6-12-21/h3-4,7-10,14H,5-6,11-13H2,1-2H3,(H,20,22). The Morgan fingerprint density at radius 1 is 1.13 bits per heavy atom. The average molecular weight is 457 g/mol. The van der Waals surface area contributed by atoms with Crippen molar-refractivity contribution in [1.82, 2.24) is 4.31 Å². The van der Waals surface area contributed by atoms with Gasteiger partial charge in [0.05, 0.1) is 12.8 Å². The maximum atomic E-state index is 12.7. The van der Waals surface area contributed by atoms with Crippen molar-refractivity contribution >= 4 is 31.5 Å². The molecule has 1 N–H and O–H groups in total. The van der Waals surface area contributed by atoms with Gasteiger partial charge in [0.2, 0.25) is 11.0 Å². The molecule has 1 atom stereocenters. The van der Waals surface area contributed by atoms with E-state index in [1.54, 1.807) is 24.3 Å². The molecule has 0 spiro atoms. The number of methoxy groups -OCH3 is 1. The topological polar surface area (TPSA) is 123 Å². The van der Waals surface area contributed by atoms with Crippen LogP contribution in [0.5, 0.6) is 5.75 Å². The van der Waals surface area contributed by atoms with Crippen molar-refractivity contribution in [2.75, 3.05) is 25.5 Å². The molecule has 30 heavy (non-hydrogen) atoms. The van der Waals surface area contributed by atoms with Crippen LogP contribution in [0.15, 0.2) is 45.9 Å². The molecule has 1 aliphatic rings. The predicted molar refractivity (Wildman–Crippen MR) is 110 cm³/mol. The van der Waals surface area contributed by atoms with Crippen LogP contribution in [0, 0.1) is 0 Å². The number of sulfone groups is 1. The molecule has 1 aromatic heterocycles. The van der Waals surface area contributed by atoms with Gasteiger partial charge >= 0.3 is 0 Å². The highest BCUT2D eigenvalue weighted by molar-refractivity contribution is 7.92. The van der Waals surface area contributed by atoms with Crippen LogP contribution < -0.4 is 10.1 Å². The Morgan fingerprint density at radius 2 is 1.80 bits per heavy atom. The summed E-state index contributed by atoms with van der Waals surface area (Å²) in [6.07, 6.45) is 1.56. The summed E-state index contributed by atoms with van der Waals surface area (Å²) in [5.74, 6) is -0.956. The minimum atomic E-state index is -3.96. The molecule has 1 fully saturated rings. The van der Waals surface area contributed by atoms with Gasteiger partial charge < -0.3 is 14.5 Å². The number of nitrogens with one attached hydrogen (secondary N) is 1. The van der Waals surface area contributed by atoms with Gasteiger partial charge in [0.25, 0.3) is 10.0 Å². The normalized spacial score (nSPS) is 16.3. The molecule has 0 saturated carbocycles. The number of benzene rings is 1. The van der Waals surface area contributed by atoms with E-state index >= 15 is 0 Å². The second-order valence-corrected chi connectivity index (χ2v) is 11.2. The molecule has 3 rings (SSSR count). The lowest BCUT2D eigenvalue weighted by atomic mass is 10.3. The fourth-order valence-corrected chi connectivity index (χ4v) is 5.73. The van der Waals surface area contributed by atoms with Crippen molar-refractivity contribution in [3.8, 4) is 5.75 Å². The Kier molecular flexibility index (Phi) is 6.53. The zero-order valence-corrected chi connectivity index (χ0v) is 18.3. The number of rotatable bonds is 8. The van der Waals surface area contributed by atoms with Crippen LogP contribution in [0.3, 0.4) is 0 Å². The van der Waals surface area contributed by atoms with Crippen molar-refractivity contribution in [1.29, 1.82) is 0 Å². The molecular weight excluding hydrogens is 432 g/mol. The van der Waals surface area contributed by atoms with Crippen LogP contribution >= 0.6 is 0 Å². The zero-order valence-electron chi connectivity index (χ0n) is 16.7. The number of carbonyl (C=O) groups is 1. The molecule has 2 heterocycles. The van der Waals surface area contributed by atoms with Gasteiger partial charge in [-0.2, -0.15) is 4.31 Å². The summed E-state index contributed by atoms with van der Waals surface area (Å²) in [6, 6.07) is 9.20. The van der Waals surface area contributed by atoms with E-state index in [0.29, 0.717) is 24.5 Å². The van der Waals surface area contributed by atoms with Gasteiger partial charge in [-0.15, -0.1) is 0 Å². The highest BCUT2D eigenvalue weighted by atomic mass is 32.2. The SMILES string of the molecule is COc1ccccc1NC(=O)C(C)S(=O)(=O)Cc1ccc(S(=O)(=O)N2CCCC2)o1. The van der Waals surface area contributed by atoms with E-state index in [4.69, 9.17) is 9.15 Å². The van der Waals surface area contributed by atoms with E-state index in [1.807, 2.05) is 0 Å². The Balaban J connectivity index is 1.71. The number of ether oxygens (including phenoxy) is 1. The number of furan rings is 1. The van der Waals surface area contributed by atoms with Crippen LogP contribution in [0.2, 0.25) is 0 Å². The Hall–Kier alpha value is -2.37. The lowest BCUT2D eigenvalue weighted by molar-refractivity contribution is -0.115. The second kappa shape index (κ2) is 8.78. The average Bonchev–Trinajstić information content (AvgIpc) is 3.40. The number of sulfonamides is 1. The van der Waals surface area contributed by atoms with Crippen molar-refractivity contribution in [2.24, 2.45) is 0 Å². The van der Waals surface area contributed by atoms with Gasteiger partial charge in [-0.25, -0.2) is 16.8 Å². The third kappa shape index (κ3) is 4.68. The zero-order chi connectivity index (χ0) is 21.9. The van der Waals surface area contributed by atoms with E-state index in [9.17, 15) is 21.6 Å². The summed E-state index contributed by atoms with van der Waals surface area (Å²) in [7, 11) is -6.30. The van der Waals surface area contributed by atoms with E-state index in [1.165, 1.54) is 30.5 Å². The molecule has 0 bridgehead atoms. The van der Waals surface area contributed by atoms with Crippen LogP contribution in [0.1, 0.15) is 25.5 Å². The summed E-state index contributed by atoms with van der Waals surface area (Å²) in [5.41, 5.74) is 0.351. The number of hydrogen-bond donors (Lipinski definition) is 1. The fourth-order valence-electron chi connectivity index (χ4n) is 3.10. The summed E-state index contributed by atoms with van der Waals surface area (Å²) in [5, 5.41) is 0.869. The maximum Gasteiger partial charge on any atom is 0.276 e. The number of anilines is 1. The van der Waals surface area contributed by atoms with E-state index < -0.39 is 36.8 Å². The van der Waals surface area contributed by atoms with Crippen molar-refractivity contribution < 1.29 is 30.8 Å². The summed E-state index contributed by atoms with van der Waals surface area (Å²) in [4.78, 5) is 12.5. The number of carbonyl (C=O) groups excluding carboxylic acids is 1. The van der Waals surface area contributed by atoms with Crippen molar-refractivity contribution in [3.63, 3.8) is 0 Å². The van der Waals surface area contributed by atoms with Crippen LogP contribution in [0.4, 0.5) is 5.69 Å². The van der Waals surface area contributed by atoms with Gasteiger partial charge in [0, 0.05) is 13.1 Å². The summed E-state index contributed by atoms with van der Waals surface area (Å²) in [6.45, 7) is 2.10. The van der Waals surface area contributed by atoms with Crippen LogP contribution in [-0.2, 0) is 30.4 Å². The molecule has 1 aliphatic heterocycles. The lowest BCUT2D eigenvalue weighted by Crippen LogP contribution is -2.33. The van der Waals surface area contributed by atoms with Gasteiger partial charge in [-0.05, 0) is 44.0 Å². The van der Waals surface area contributed by atoms with Crippen LogP contribution in [0.25, 0.3) is 0 Å². The first-order valence-electron chi connectivity index (χ1n) is 9.39. The molecule has 11 heteroatoms. The quantitative estimate of drug-likeness (QED) is 0.644. The van der Waals surface area contributed by atoms with Gasteiger partial charge in [0.15, 0.2) is 9.84 Å². The molecule has 2 aromatic rings. The first-order valence-corrected chi connectivity index (χ1v) is 12.5. The molecule has 1 unspecified atom stereocenters. The van der Waals surface area contributed by atoms with E-state index in [0.717, 1.165) is 12.8 Å². The van der Waals surface area contributed by atoms with Crippen LogP contribution in [-0.4, -0.2) is 52.5 Å². The summed E-state index contributed by atoms with van der Waals surface area (Å²) < 4.78 is 62.2. The van der Waals surface area contributed by atoms with Crippen molar-refractivity contribution in [2.45, 2.75) is 35.9 Å². The van der Waals surface area contributed by atoms with E-state index in [2.05, 4.69) is 5.32 Å². The fraction of sp³-hybridized carbons (Fsp3) is 0.421. The highest BCUT2D eigenvalue weighted by Crippen LogP contribution is 2.26. The maximum absolute atomic E-state index is 12.7. The molecule has 0 radical (unpaired) electrons. The molecule has 0 aliphatic carbocycles. The summed E-state index contributed by atoms with van der Waals surface area (Å²) >= 11 is 0. The Labute approximate surface area is 176 Å². The monoisotopic (exact) mass is 456 g/mol. The third-order valence-electron chi connectivity index (χ3n) is 4.91. The van der Waals surface area contributed by atoms with Gasteiger partial charge in [-0.3, -0.25) is 4.79 Å². The van der Waals surface area contributed by atoms with Crippen molar-refractivity contribution in [3.05, 3.63) is 42.2 Å². The number of amides is 1. The van der Waals surface area contributed by atoms with Gasteiger partial charge in [0.1, 0.15) is 22.5 Å². The predicted octanol–water partition coefficient (Wildman–Crippen LogP) is 2.01. The van der Waals surface area contributed by atoms with E-state index in [-0.39, 0.29) is 10.9 Å². The third-order valence-corrected chi connectivity index (χ3v) is 8.66. The largest absolute Gasteiger partial charge is 0.495 e. The molecule has 1 saturated heterocycles. The second-order valence-electron chi connectivity index (χ2n) is 6.97. The first-order chi connectivity index (χ1) is 14.1. The number of hydrogen-bond acceptors (Lipinski definition) is 7. The smallest absolute Gasteiger partial charge is 0.276 e. The molecular formula is C19H24N2O7S2. The lowest BCUT2D eigenvalue weighted by Gasteiger charge is -2.15. The Bertz CT molecular complexity index is 1120. The molecule has 164 valence electrons. The molecule has 9 nitrogen and oxygen atoms in total. The highest BCUT2D eigenvalue weighted by Gasteiger charge is 2.33. The Morgan fingerprint density at radius 3 is 2.47 bits per heavy atom. The number of nitrogens with zero attached hydrogens (tertiary/aromatic N) is 1. The minimum absolute atomic E-state index is 0.0373. The molecule has 1 amide bonds.